The Balaban J connectivity index is 1.67. The molecule has 1 amide bonds. The van der Waals surface area contributed by atoms with Crippen molar-refractivity contribution in [2.45, 2.75) is 25.0 Å². The van der Waals surface area contributed by atoms with Gasteiger partial charge in [-0.15, -0.1) is 0 Å². The molecule has 1 aliphatic carbocycles. The summed E-state index contributed by atoms with van der Waals surface area (Å²) in [4.78, 5) is 26.0. The number of nitrogens with zero attached hydrogens (tertiary/aromatic N) is 2. The van der Waals surface area contributed by atoms with E-state index in [4.69, 9.17) is 9.47 Å². The van der Waals surface area contributed by atoms with E-state index in [0.717, 1.165) is 12.8 Å². The number of benzene rings is 2. The van der Waals surface area contributed by atoms with Gasteiger partial charge < -0.3 is 19.7 Å². The van der Waals surface area contributed by atoms with Gasteiger partial charge in [0.2, 0.25) is 6.79 Å². The summed E-state index contributed by atoms with van der Waals surface area (Å²) in [6.07, 6.45) is 1.16. The Labute approximate surface area is 148 Å². The second-order valence-corrected chi connectivity index (χ2v) is 6.56. The van der Waals surface area contributed by atoms with E-state index in [2.05, 4.69) is 5.32 Å². The van der Waals surface area contributed by atoms with E-state index in [1.807, 2.05) is 18.2 Å². The van der Waals surface area contributed by atoms with Crippen molar-refractivity contribution in [3.63, 3.8) is 0 Å². The molecular weight excluding hydrogens is 338 g/mol. The molecule has 1 saturated carbocycles. The number of carbonyl (C=O) groups is 1. The average Bonchev–Trinajstić information content (AvgIpc) is 3.37. The minimum Gasteiger partial charge on any atom is -0.454 e. The standard InChI is InChI=1S/C18H15N3O5/c22-18-11-3-1-2-4-13(11)19-17(20(18)10-5-6-10)12-7-15-16(26-9-25-15)8-14(12)21(23)24/h1-4,7-8,10,17,19H,5-6,9H2/t17-/m0/s1. The lowest BCUT2D eigenvalue weighted by Gasteiger charge is -2.38. The number of hydrogen-bond donors (Lipinski definition) is 1. The Hall–Kier alpha value is -3.29. The molecule has 0 saturated heterocycles. The van der Waals surface area contributed by atoms with E-state index in [-0.39, 0.29) is 24.4 Å². The van der Waals surface area contributed by atoms with Gasteiger partial charge in [-0.1, -0.05) is 12.1 Å². The number of anilines is 1. The maximum Gasteiger partial charge on any atom is 0.280 e. The Morgan fingerprint density at radius 3 is 2.62 bits per heavy atom. The number of nitro groups is 1. The van der Waals surface area contributed by atoms with Crippen molar-refractivity contribution in [1.82, 2.24) is 4.90 Å². The number of nitro benzene ring substituents is 1. The number of nitrogens with one attached hydrogen (secondary N) is 1. The van der Waals surface area contributed by atoms with Gasteiger partial charge >= 0.3 is 0 Å². The molecule has 0 unspecified atom stereocenters. The van der Waals surface area contributed by atoms with E-state index in [9.17, 15) is 14.9 Å². The van der Waals surface area contributed by atoms with Crippen molar-refractivity contribution in [3.05, 3.63) is 57.6 Å². The number of ether oxygens (including phenoxy) is 2. The summed E-state index contributed by atoms with van der Waals surface area (Å²) in [6.45, 7) is 0.0299. The quantitative estimate of drug-likeness (QED) is 0.673. The van der Waals surface area contributed by atoms with E-state index >= 15 is 0 Å². The average molecular weight is 353 g/mol. The molecule has 2 aromatic carbocycles. The van der Waals surface area contributed by atoms with E-state index < -0.39 is 11.1 Å². The largest absolute Gasteiger partial charge is 0.454 e. The zero-order chi connectivity index (χ0) is 17.8. The van der Waals surface area contributed by atoms with Crippen LogP contribution in [0.1, 0.15) is 34.9 Å². The molecule has 0 bridgehead atoms. The van der Waals surface area contributed by atoms with Crippen molar-refractivity contribution in [1.29, 1.82) is 0 Å². The molecule has 2 aliphatic heterocycles. The molecule has 26 heavy (non-hydrogen) atoms. The van der Waals surface area contributed by atoms with Crippen LogP contribution in [-0.2, 0) is 0 Å². The highest BCUT2D eigenvalue weighted by Crippen LogP contribution is 2.46. The van der Waals surface area contributed by atoms with Crippen LogP contribution in [0.5, 0.6) is 11.5 Å². The second kappa shape index (κ2) is 5.35. The molecule has 3 aliphatic rings. The van der Waals surface area contributed by atoms with Gasteiger partial charge in [-0.05, 0) is 31.0 Å². The van der Waals surface area contributed by atoms with Crippen molar-refractivity contribution < 1.29 is 19.2 Å². The first-order valence-corrected chi connectivity index (χ1v) is 8.39. The van der Waals surface area contributed by atoms with Crippen LogP contribution in [0.3, 0.4) is 0 Å². The minimum absolute atomic E-state index is 0.0299. The number of amides is 1. The molecule has 5 rings (SSSR count). The van der Waals surface area contributed by atoms with Crippen LogP contribution in [-0.4, -0.2) is 28.6 Å². The van der Waals surface area contributed by atoms with E-state index in [0.29, 0.717) is 28.3 Å². The topological polar surface area (TPSA) is 93.9 Å². The second-order valence-electron chi connectivity index (χ2n) is 6.56. The maximum absolute atomic E-state index is 13.1. The summed E-state index contributed by atoms with van der Waals surface area (Å²) >= 11 is 0. The van der Waals surface area contributed by atoms with Gasteiger partial charge in [-0.2, -0.15) is 0 Å². The number of rotatable bonds is 3. The predicted octanol–water partition coefficient (Wildman–Crippen LogP) is 3.05. The number of para-hydroxylation sites is 1. The molecule has 0 aromatic heterocycles. The fraction of sp³-hybridized carbons (Fsp3) is 0.278. The molecule has 1 atom stereocenters. The van der Waals surface area contributed by atoms with Crippen molar-refractivity contribution in [2.75, 3.05) is 12.1 Å². The van der Waals surface area contributed by atoms with Gasteiger partial charge in [0.15, 0.2) is 11.5 Å². The molecule has 8 nitrogen and oxygen atoms in total. The fourth-order valence-corrected chi connectivity index (χ4v) is 3.55. The van der Waals surface area contributed by atoms with Gasteiger partial charge in [-0.25, -0.2) is 0 Å². The summed E-state index contributed by atoms with van der Waals surface area (Å²) in [7, 11) is 0. The molecular formula is C18H15N3O5. The van der Waals surface area contributed by atoms with Crippen LogP contribution in [0.4, 0.5) is 11.4 Å². The first-order chi connectivity index (χ1) is 12.6. The minimum atomic E-state index is -0.625. The van der Waals surface area contributed by atoms with Crippen LogP contribution >= 0.6 is 0 Å². The van der Waals surface area contributed by atoms with Crippen LogP contribution < -0.4 is 14.8 Å². The Bertz CT molecular complexity index is 940. The van der Waals surface area contributed by atoms with Crippen molar-refractivity contribution in [3.8, 4) is 11.5 Å². The number of carbonyl (C=O) groups excluding carboxylic acids is 1. The summed E-state index contributed by atoms with van der Waals surface area (Å²) in [5.41, 5.74) is 1.56. The molecule has 0 radical (unpaired) electrons. The van der Waals surface area contributed by atoms with E-state index in [1.54, 1.807) is 17.0 Å². The van der Waals surface area contributed by atoms with Gasteiger partial charge in [0.05, 0.1) is 22.1 Å². The van der Waals surface area contributed by atoms with Crippen LogP contribution in [0.2, 0.25) is 0 Å². The van der Waals surface area contributed by atoms with Crippen molar-refractivity contribution >= 4 is 17.3 Å². The summed E-state index contributed by atoms with van der Waals surface area (Å²) in [6, 6.07) is 10.3. The monoisotopic (exact) mass is 353 g/mol. The third-order valence-electron chi connectivity index (χ3n) is 4.92. The molecule has 132 valence electrons. The highest BCUT2D eigenvalue weighted by atomic mass is 16.7. The zero-order valence-electron chi connectivity index (χ0n) is 13.7. The first kappa shape index (κ1) is 15.0. The molecule has 0 spiro atoms. The Morgan fingerprint density at radius 2 is 1.88 bits per heavy atom. The lowest BCUT2D eigenvalue weighted by atomic mass is 10.0. The van der Waals surface area contributed by atoms with Gasteiger partial charge in [-0.3, -0.25) is 14.9 Å². The Kier molecular flexibility index (Phi) is 3.09. The SMILES string of the molecule is O=C1c2ccccc2N[C@H](c2cc3c(cc2[N+](=O)[O-])OCO3)N1C1CC1. The van der Waals surface area contributed by atoms with Crippen LogP contribution in [0, 0.1) is 10.1 Å². The highest BCUT2D eigenvalue weighted by molar-refractivity contribution is 6.02. The highest BCUT2D eigenvalue weighted by Gasteiger charge is 2.44. The van der Waals surface area contributed by atoms with Gasteiger partial charge in [0.25, 0.3) is 11.6 Å². The molecule has 8 heteroatoms. The molecule has 2 aromatic rings. The maximum atomic E-state index is 13.1. The molecule has 1 N–H and O–H groups in total. The molecule has 1 fully saturated rings. The smallest absolute Gasteiger partial charge is 0.280 e. The third-order valence-corrected chi connectivity index (χ3v) is 4.92. The fourth-order valence-electron chi connectivity index (χ4n) is 3.55. The normalized spacial score (nSPS) is 20.5. The predicted molar refractivity (Wildman–Crippen MR) is 91.2 cm³/mol. The zero-order valence-corrected chi connectivity index (χ0v) is 13.7. The number of hydrogen-bond acceptors (Lipinski definition) is 6. The summed E-state index contributed by atoms with van der Waals surface area (Å²) in [5.74, 6) is 0.689. The van der Waals surface area contributed by atoms with Gasteiger partial charge in [0, 0.05) is 11.7 Å². The lowest BCUT2D eigenvalue weighted by Crippen LogP contribution is -2.44. The third kappa shape index (κ3) is 2.18. The van der Waals surface area contributed by atoms with Crippen molar-refractivity contribution in [2.24, 2.45) is 0 Å². The van der Waals surface area contributed by atoms with E-state index in [1.165, 1.54) is 6.07 Å². The van der Waals surface area contributed by atoms with Crippen LogP contribution in [0.15, 0.2) is 36.4 Å². The summed E-state index contributed by atoms with van der Waals surface area (Å²) < 4.78 is 10.7. The van der Waals surface area contributed by atoms with Gasteiger partial charge in [0.1, 0.15) is 6.17 Å². The van der Waals surface area contributed by atoms with Crippen LogP contribution in [0.25, 0.3) is 0 Å². The lowest BCUT2D eigenvalue weighted by molar-refractivity contribution is -0.385. The number of fused-ring (bicyclic) bond motifs is 2. The molecule has 2 heterocycles. The Morgan fingerprint density at radius 1 is 1.15 bits per heavy atom. The summed E-state index contributed by atoms with van der Waals surface area (Å²) in [5, 5.41) is 15.0. The first-order valence-electron chi connectivity index (χ1n) is 8.39.